The summed E-state index contributed by atoms with van der Waals surface area (Å²) in [5.74, 6) is 5.66. The standard InChI is InChI=1S/C12H10Br2Cl2N2S/c13-11-5-8(12(14)19-11)10(18-17)4-6-3-7(15)1-2-9(6)16/h1-3,5,10,18H,4,17H2. The molecule has 0 amide bonds. The summed E-state index contributed by atoms with van der Waals surface area (Å²) in [4.78, 5) is 0. The van der Waals surface area contributed by atoms with Crippen molar-refractivity contribution in [3.05, 3.63) is 53.0 Å². The monoisotopic (exact) mass is 442 g/mol. The number of halogens is 4. The minimum atomic E-state index is -0.0344. The molecule has 1 unspecified atom stereocenters. The summed E-state index contributed by atoms with van der Waals surface area (Å²) in [6.45, 7) is 0. The van der Waals surface area contributed by atoms with Crippen LogP contribution in [0.2, 0.25) is 10.0 Å². The van der Waals surface area contributed by atoms with E-state index in [-0.39, 0.29) is 6.04 Å². The molecule has 2 nitrogen and oxygen atoms in total. The Bertz CT molecular complexity index is 589. The Morgan fingerprint density at radius 3 is 2.58 bits per heavy atom. The van der Waals surface area contributed by atoms with E-state index in [9.17, 15) is 0 Å². The van der Waals surface area contributed by atoms with Gasteiger partial charge in [0.05, 0.1) is 13.6 Å². The van der Waals surface area contributed by atoms with Crippen molar-refractivity contribution in [3.63, 3.8) is 0 Å². The molecular weight excluding hydrogens is 435 g/mol. The Kier molecular flexibility index (Phi) is 5.72. The molecule has 1 aromatic heterocycles. The van der Waals surface area contributed by atoms with E-state index in [4.69, 9.17) is 29.0 Å². The molecule has 0 aliphatic rings. The van der Waals surface area contributed by atoms with E-state index < -0.39 is 0 Å². The highest BCUT2D eigenvalue weighted by molar-refractivity contribution is 9.12. The number of hydrogen-bond acceptors (Lipinski definition) is 3. The van der Waals surface area contributed by atoms with Crippen molar-refractivity contribution in [3.8, 4) is 0 Å². The SMILES string of the molecule is NNC(Cc1cc(Cl)ccc1Cl)c1cc(Br)sc1Br. The number of nitrogens with one attached hydrogen (secondary N) is 1. The second kappa shape index (κ2) is 6.89. The number of nitrogens with two attached hydrogens (primary N) is 1. The molecule has 0 aliphatic carbocycles. The molecule has 0 aliphatic heterocycles. The molecule has 2 aromatic rings. The van der Waals surface area contributed by atoms with E-state index in [0.717, 1.165) is 18.7 Å². The van der Waals surface area contributed by atoms with Crippen molar-refractivity contribution in [2.45, 2.75) is 12.5 Å². The maximum Gasteiger partial charge on any atom is 0.0758 e. The van der Waals surface area contributed by atoms with Gasteiger partial charge in [0.2, 0.25) is 0 Å². The van der Waals surface area contributed by atoms with E-state index in [1.807, 2.05) is 12.1 Å². The third-order valence-electron chi connectivity index (χ3n) is 2.69. The van der Waals surface area contributed by atoms with E-state index in [1.54, 1.807) is 23.5 Å². The molecule has 1 aromatic carbocycles. The van der Waals surface area contributed by atoms with Crippen molar-refractivity contribution < 1.29 is 0 Å². The predicted octanol–water partition coefficient (Wildman–Crippen LogP) is 5.33. The van der Waals surface area contributed by atoms with Crippen molar-refractivity contribution in [1.29, 1.82) is 0 Å². The summed E-state index contributed by atoms with van der Waals surface area (Å²) in [6, 6.07) is 7.44. The van der Waals surface area contributed by atoms with Crippen LogP contribution in [0, 0.1) is 0 Å². The molecule has 3 N–H and O–H groups in total. The molecular formula is C12H10Br2Cl2N2S. The van der Waals surface area contributed by atoms with Gasteiger partial charge in [0.25, 0.3) is 0 Å². The zero-order valence-electron chi connectivity index (χ0n) is 9.59. The Balaban J connectivity index is 2.29. The molecule has 2 rings (SSSR count). The summed E-state index contributed by atoms with van der Waals surface area (Å²) in [6.07, 6.45) is 0.664. The molecule has 19 heavy (non-hydrogen) atoms. The summed E-state index contributed by atoms with van der Waals surface area (Å²) < 4.78 is 2.09. The maximum atomic E-state index is 6.18. The van der Waals surface area contributed by atoms with Gasteiger partial charge in [-0.1, -0.05) is 23.2 Å². The quantitative estimate of drug-likeness (QED) is 0.494. The lowest BCUT2D eigenvalue weighted by Gasteiger charge is -2.16. The first kappa shape index (κ1) is 15.8. The van der Waals surface area contributed by atoms with Gasteiger partial charge in [0.15, 0.2) is 0 Å². The zero-order valence-corrected chi connectivity index (χ0v) is 15.1. The summed E-state index contributed by atoms with van der Waals surface area (Å²) in [5, 5.41) is 1.36. The predicted molar refractivity (Wildman–Crippen MR) is 89.9 cm³/mol. The van der Waals surface area contributed by atoms with Gasteiger partial charge in [0, 0.05) is 10.0 Å². The molecule has 0 radical (unpaired) electrons. The van der Waals surface area contributed by atoms with Crippen LogP contribution in [0.1, 0.15) is 17.2 Å². The molecule has 1 atom stereocenters. The van der Waals surface area contributed by atoms with Crippen molar-refractivity contribution in [2.75, 3.05) is 0 Å². The van der Waals surface area contributed by atoms with Crippen molar-refractivity contribution >= 4 is 66.4 Å². The Morgan fingerprint density at radius 1 is 1.26 bits per heavy atom. The van der Waals surface area contributed by atoms with Gasteiger partial charge in [0.1, 0.15) is 0 Å². The first-order valence-corrected chi connectivity index (χ1v) is 8.52. The lowest BCUT2D eigenvalue weighted by molar-refractivity contribution is 0.552. The van der Waals surface area contributed by atoms with Crippen molar-refractivity contribution in [2.24, 2.45) is 5.84 Å². The Morgan fingerprint density at radius 2 is 2.00 bits per heavy atom. The first-order valence-electron chi connectivity index (χ1n) is 5.36. The van der Waals surface area contributed by atoms with Crippen LogP contribution in [0.15, 0.2) is 31.8 Å². The Labute approximate surface area is 142 Å². The van der Waals surface area contributed by atoms with Gasteiger partial charge in [-0.25, -0.2) is 0 Å². The summed E-state index contributed by atoms with van der Waals surface area (Å²) in [5.41, 5.74) is 4.88. The van der Waals surface area contributed by atoms with Gasteiger partial charge in [-0.15, -0.1) is 11.3 Å². The lowest BCUT2D eigenvalue weighted by atomic mass is 10.0. The molecule has 0 fully saturated rings. The van der Waals surface area contributed by atoms with Crippen LogP contribution in [0.5, 0.6) is 0 Å². The number of hydrazine groups is 1. The highest BCUT2D eigenvalue weighted by Gasteiger charge is 2.18. The third kappa shape index (κ3) is 3.94. The van der Waals surface area contributed by atoms with Crippen molar-refractivity contribution in [1.82, 2.24) is 5.43 Å². The van der Waals surface area contributed by atoms with Crippen LogP contribution >= 0.6 is 66.4 Å². The first-order chi connectivity index (χ1) is 9.01. The fraction of sp³-hybridized carbons (Fsp3) is 0.167. The van der Waals surface area contributed by atoms with Crippen LogP contribution < -0.4 is 11.3 Å². The van der Waals surface area contributed by atoms with E-state index in [1.165, 1.54) is 0 Å². The lowest BCUT2D eigenvalue weighted by Crippen LogP contribution is -2.29. The van der Waals surface area contributed by atoms with Gasteiger partial charge in [-0.05, 0) is 73.7 Å². The van der Waals surface area contributed by atoms with Gasteiger partial charge in [-0.2, -0.15) is 0 Å². The second-order valence-corrected chi connectivity index (χ2v) is 8.53. The summed E-state index contributed by atoms with van der Waals surface area (Å²) >= 11 is 20.8. The third-order valence-corrected chi connectivity index (χ3v) is 5.68. The number of hydrogen-bond donors (Lipinski definition) is 2. The minimum Gasteiger partial charge on any atom is -0.271 e. The van der Waals surface area contributed by atoms with Crippen LogP contribution in [0.4, 0.5) is 0 Å². The van der Waals surface area contributed by atoms with Crippen LogP contribution in [0.3, 0.4) is 0 Å². The molecule has 102 valence electrons. The Hall–Kier alpha value is 0.380. The average Bonchev–Trinajstić information content (AvgIpc) is 2.69. The fourth-order valence-corrected chi connectivity index (χ4v) is 5.13. The number of rotatable bonds is 4. The largest absolute Gasteiger partial charge is 0.271 e. The highest BCUT2D eigenvalue weighted by atomic mass is 79.9. The van der Waals surface area contributed by atoms with Crippen LogP contribution in [-0.2, 0) is 6.42 Å². The smallest absolute Gasteiger partial charge is 0.0758 e. The normalized spacial score (nSPS) is 12.7. The number of benzene rings is 1. The van der Waals surface area contributed by atoms with E-state index in [2.05, 4.69) is 37.3 Å². The highest BCUT2D eigenvalue weighted by Crippen LogP contribution is 2.37. The van der Waals surface area contributed by atoms with E-state index >= 15 is 0 Å². The van der Waals surface area contributed by atoms with Gasteiger partial charge < -0.3 is 0 Å². The summed E-state index contributed by atoms with van der Waals surface area (Å²) in [7, 11) is 0. The van der Waals surface area contributed by atoms with E-state index in [0.29, 0.717) is 16.5 Å². The molecule has 7 heteroatoms. The van der Waals surface area contributed by atoms with Crippen LogP contribution in [0.25, 0.3) is 0 Å². The molecule has 0 bridgehead atoms. The van der Waals surface area contributed by atoms with Gasteiger partial charge in [-0.3, -0.25) is 11.3 Å². The number of thiophene rings is 1. The average molecular weight is 445 g/mol. The second-order valence-electron chi connectivity index (χ2n) is 3.94. The topological polar surface area (TPSA) is 38.0 Å². The molecule has 0 spiro atoms. The zero-order chi connectivity index (χ0) is 14.0. The van der Waals surface area contributed by atoms with Gasteiger partial charge >= 0.3 is 0 Å². The minimum absolute atomic E-state index is 0.0344. The molecule has 0 saturated carbocycles. The fourth-order valence-electron chi connectivity index (χ4n) is 1.77. The maximum absolute atomic E-state index is 6.18. The molecule has 0 saturated heterocycles. The van der Waals surface area contributed by atoms with Crippen LogP contribution in [-0.4, -0.2) is 0 Å². The molecule has 1 heterocycles.